The van der Waals surface area contributed by atoms with Gasteiger partial charge in [-0.1, -0.05) is 17.8 Å². The molecule has 1 fully saturated rings. The van der Waals surface area contributed by atoms with Gasteiger partial charge in [0.05, 0.1) is 6.10 Å². The van der Waals surface area contributed by atoms with E-state index in [1.807, 2.05) is 24.4 Å². The summed E-state index contributed by atoms with van der Waals surface area (Å²) in [6, 6.07) is 6.01. The Morgan fingerprint density at radius 1 is 1.33 bits per heavy atom. The molecule has 0 aromatic carbocycles. The molecule has 2 aromatic heterocycles. The number of aromatic nitrogens is 4. The van der Waals surface area contributed by atoms with E-state index in [2.05, 4.69) is 19.7 Å². The van der Waals surface area contributed by atoms with E-state index in [-0.39, 0.29) is 0 Å². The van der Waals surface area contributed by atoms with Crippen LogP contribution in [0.1, 0.15) is 25.0 Å². The van der Waals surface area contributed by atoms with E-state index < -0.39 is 0 Å². The molecule has 1 atom stereocenters. The smallest absolute Gasteiger partial charge is 0.191 e. The van der Waals surface area contributed by atoms with Gasteiger partial charge in [-0.3, -0.25) is 4.98 Å². The van der Waals surface area contributed by atoms with Crippen LogP contribution in [-0.4, -0.2) is 38.2 Å². The van der Waals surface area contributed by atoms with Gasteiger partial charge in [-0.2, -0.15) is 0 Å². The molecule has 3 heterocycles. The topological polar surface area (TPSA) is 52.8 Å². The van der Waals surface area contributed by atoms with E-state index in [4.69, 9.17) is 4.74 Å². The fourth-order valence-electron chi connectivity index (χ4n) is 2.40. The van der Waals surface area contributed by atoms with Crippen LogP contribution in [0.25, 0.3) is 0 Å². The van der Waals surface area contributed by atoms with Gasteiger partial charge in [0.25, 0.3) is 0 Å². The van der Waals surface area contributed by atoms with Crippen LogP contribution in [0.5, 0.6) is 0 Å². The Morgan fingerprint density at radius 2 is 2.33 bits per heavy atom. The largest absolute Gasteiger partial charge is 0.377 e. The fraction of sp³-hybridized carbons (Fsp3) is 0.533. The monoisotopic (exact) mass is 304 g/mol. The molecule has 3 rings (SSSR count). The van der Waals surface area contributed by atoms with Gasteiger partial charge in [0.1, 0.15) is 6.33 Å². The van der Waals surface area contributed by atoms with Crippen molar-refractivity contribution in [3.05, 3.63) is 36.4 Å². The Hall–Kier alpha value is -1.40. The van der Waals surface area contributed by atoms with Gasteiger partial charge in [0, 0.05) is 37.2 Å². The highest BCUT2D eigenvalue weighted by Gasteiger charge is 2.15. The maximum atomic E-state index is 5.76. The number of nitrogens with zero attached hydrogens (tertiary/aromatic N) is 4. The summed E-state index contributed by atoms with van der Waals surface area (Å²) in [4.78, 5) is 4.35. The van der Waals surface area contributed by atoms with Crippen molar-refractivity contribution in [2.75, 3.05) is 12.4 Å². The van der Waals surface area contributed by atoms with Crippen molar-refractivity contribution in [2.45, 2.75) is 43.5 Å². The average Bonchev–Trinajstić information content (AvgIpc) is 3.00. The molecule has 112 valence electrons. The van der Waals surface area contributed by atoms with E-state index >= 15 is 0 Å². The van der Waals surface area contributed by atoms with Gasteiger partial charge < -0.3 is 9.30 Å². The first-order chi connectivity index (χ1) is 10.4. The first kappa shape index (κ1) is 14.5. The van der Waals surface area contributed by atoms with E-state index in [1.165, 1.54) is 12.8 Å². The fourth-order valence-corrected chi connectivity index (χ4v) is 3.40. The second kappa shape index (κ2) is 7.56. The maximum absolute atomic E-state index is 5.76. The lowest BCUT2D eigenvalue weighted by molar-refractivity contribution is 0.0315. The van der Waals surface area contributed by atoms with Crippen molar-refractivity contribution in [3.8, 4) is 0 Å². The molecule has 21 heavy (non-hydrogen) atoms. The van der Waals surface area contributed by atoms with Gasteiger partial charge in [-0.15, -0.1) is 10.2 Å². The number of aryl methyl sites for hydroxylation is 2. The third-order valence-corrected chi connectivity index (χ3v) is 4.70. The zero-order valence-electron chi connectivity index (χ0n) is 12.0. The van der Waals surface area contributed by atoms with Crippen LogP contribution in [0, 0.1) is 0 Å². The van der Waals surface area contributed by atoms with Crippen LogP contribution in [0.4, 0.5) is 0 Å². The van der Waals surface area contributed by atoms with E-state index in [9.17, 15) is 0 Å². The lowest BCUT2D eigenvalue weighted by Gasteiger charge is -2.21. The molecule has 0 amide bonds. The molecule has 1 aliphatic heterocycles. The molecule has 1 aliphatic rings. The zero-order valence-corrected chi connectivity index (χ0v) is 12.8. The minimum absolute atomic E-state index is 0.365. The van der Waals surface area contributed by atoms with Gasteiger partial charge in [0.15, 0.2) is 5.16 Å². The summed E-state index contributed by atoms with van der Waals surface area (Å²) in [5.74, 6) is 0.961. The van der Waals surface area contributed by atoms with Crippen LogP contribution >= 0.6 is 11.8 Å². The van der Waals surface area contributed by atoms with Gasteiger partial charge in [-0.25, -0.2) is 0 Å². The molecule has 0 radical (unpaired) electrons. The minimum Gasteiger partial charge on any atom is -0.377 e. The Kier molecular flexibility index (Phi) is 5.23. The van der Waals surface area contributed by atoms with Crippen LogP contribution < -0.4 is 0 Å². The number of hydrogen-bond acceptors (Lipinski definition) is 5. The molecule has 0 aliphatic carbocycles. The van der Waals surface area contributed by atoms with E-state index in [1.54, 1.807) is 18.1 Å². The normalized spacial score (nSPS) is 18.8. The van der Waals surface area contributed by atoms with Crippen LogP contribution in [0.15, 0.2) is 35.9 Å². The number of ether oxygens (including phenoxy) is 1. The molecular weight excluding hydrogens is 284 g/mol. The maximum Gasteiger partial charge on any atom is 0.191 e. The number of pyridine rings is 1. The Labute approximate surface area is 129 Å². The minimum atomic E-state index is 0.365. The third-order valence-electron chi connectivity index (χ3n) is 3.59. The van der Waals surface area contributed by atoms with E-state index in [0.29, 0.717) is 6.10 Å². The standard InChI is InChI=1S/C15H20N4OS/c1-3-8-16-13(5-1)7-9-19-12-17-18-15(19)21-11-14-6-2-4-10-20-14/h1,3,5,8,12,14H,2,4,6-7,9-11H2/t14-/m0/s1. The molecule has 0 unspecified atom stereocenters. The third kappa shape index (κ3) is 4.28. The molecule has 0 saturated carbocycles. The SMILES string of the molecule is c1ccc(CCn2cnnc2SC[C@@H]2CCCCO2)nc1. The van der Waals surface area contributed by atoms with Crippen LogP contribution in [0.3, 0.4) is 0 Å². The highest BCUT2D eigenvalue weighted by atomic mass is 32.2. The van der Waals surface area contributed by atoms with Crippen molar-refractivity contribution < 1.29 is 4.74 Å². The van der Waals surface area contributed by atoms with Gasteiger partial charge in [0.2, 0.25) is 0 Å². The second-order valence-electron chi connectivity index (χ2n) is 5.18. The highest BCUT2D eigenvalue weighted by Crippen LogP contribution is 2.22. The summed E-state index contributed by atoms with van der Waals surface area (Å²) < 4.78 is 7.86. The lowest BCUT2D eigenvalue weighted by Crippen LogP contribution is -2.21. The first-order valence-electron chi connectivity index (χ1n) is 7.44. The molecule has 0 bridgehead atoms. The van der Waals surface area contributed by atoms with Crippen molar-refractivity contribution >= 4 is 11.8 Å². The van der Waals surface area contributed by atoms with Crippen LogP contribution in [0.2, 0.25) is 0 Å². The molecule has 5 nitrogen and oxygen atoms in total. The Morgan fingerprint density at radius 3 is 3.14 bits per heavy atom. The molecule has 0 N–H and O–H groups in total. The quantitative estimate of drug-likeness (QED) is 0.768. The number of hydrogen-bond donors (Lipinski definition) is 0. The molecule has 2 aromatic rings. The molecular formula is C15H20N4OS. The molecule has 0 spiro atoms. The summed E-state index contributed by atoms with van der Waals surface area (Å²) in [6.45, 7) is 1.76. The zero-order chi connectivity index (χ0) is 14.3. The first-order valence-corrected chi connectivity index (χ1v) is 8.42. The lowest BCUT2D eigenvalue weighted by atomic mass is 10.1. The van der Waals surface area contributed by atoms with Gasteiger partial charge >= 0.3 is 0 Å². The predicted molar refractivity (Wildman–Crippen MR) is 82.3 cm³/mol. The summed E-state index contributed by atoms with van der Waals surface area (Å²) in [5.41, 5.74) is 1.10. The summed E-state index contributed by atoms with van der Waals surface area (Å²) in [6.07, 6.45) is 8.52. The molecule has 6 heteroatoms. The average molecular weight is 304 g/mol. The van der Waals surface area contributed by atoms with Crippen molar-refractivity contribution in [3.63, 3.8) is 0 Å². The van der Waals surface area contributed by atoms with Crippen LogP contribution in [-0.2, 0) is 17.7 Å². The second-order valence-corrected chi connectivity index (χ2v) is 6.16. The summed E-state index contributed by atoms with van der Waals surface area (Å²) >= 11 is 1.74. The summed E-state index contributed by atoms with van der Waals surface area (Å²) in [5, 5.41) is 9.21. The Bertz CT molecular complexity index is 540. The van der Waals surface area contributed by atoms with Crippen molar-refractivity contribution in [2.24, 2.45) is 0 Å². The summed E-state index contributed by atoms with van der Waals surface area (Å²) in [7, 11) is 0. The highest BCUT2D eigenvalue weighted by molar-refractivity contribution is 7.99. The Balaban J connectivity index is 1.51. The molecule has 1 saturated heterocycles. The van der Waals surface area contributed by atoms with Crippen molar-refractivity contribution in [1.82, 2.24) is 19.7 Å². The number of rotatable bonds is 6. The number of thioether (sulfide) groups is 1. The predicted octanol–water partition coefficient (Wildman–Crippen LogP) is 2.58. The van der Waals surface area contributed by atoms with Crippen molar-refractivity contribution in [1.29, 1.82) is 0 Å². The van der Waals surface area contributed by atoms with Gasteiger partial charge in [-0.05, 0) is 31.4 Å². The van der Waals surface area contributed by atoms with E-state index in [0.717, 1.165) is 42.6 Å².